The van der Waals surface area contributed by atoms with Gasteiger partial charge in [-0.2, -0.15) is 39.5 Å². The van der Waals surface area contributed by atoms with Crippen molar-refractivity contribution in [1.29, 1.82) is 0 Å². The van der Waals surface area contributed by atoms with E-state index in [0.717, 1.165) is 0 Å². The van der Waals surface area contributed by atoms with Crippen LogP contribution in [0, 0.1) is 0 Å². The van der Waals surface area contributed by atoms with E-state index in [1.54, 1.807) is 0 Å². The second-order valence-corrected chi connectivity index (χ2v) is 6.81. The molecule has 0 unspecified atom stereocenters. The Bertz CT molecular complexity index is 616. The zero-order chi connectivity index (χ0) is 21.0. The summed E-state index contributed by atoms with van der Waals surface area (Å²) in [5.74, 6) is 0. The SMILES string of the molecule is O=S(=O)([O-])C(F)(F)F.O=S(=O)([O-])C(F)(F)F.O=S(=O)([O-])C(F)(F)F.[NH2-].[NH2-].[NH2-].[NH2-].[NH2-].[Os+8]. The van der Waals surface area contributed by atoms with Crippen molar-refractivity contribution in [3.8, 4) is 0 Å². The van der Waals surface area contributed by atoms with Gasteiger partial charge in [-0.05, 0) is 0 Å². The molecule has 0 aliphatic heterocycles. The Hall–Kier alpha value is -0.464. The number of halogens is 9. The van der Waals surface area contributed by atoms with E-state index in [1.807, 2.05) is 0 Å². The quantitative estimate of drug-likeness (QED) is 0.200. The molecule has 0 heterocycles. The third-order valence-corrected chi connectivity index (χ3v) is 2.55. The molecule has 0 saturated heterocycles. The van der Waals surface area contributed by atoms with E-state index >= 15 is 0 Å². The molecular weight excluding hydrogens is 707 g/mol. The minimum Gasteiger partial charge on any atom is -0.741 e. The molecule has 27 heteroatoms. The summed E-state index contributed by atoms with van der Waals surface area (Å²) >= 11 is 0. The van der Waals surface area contributed by atoms with Gasteiger partial charge in [-0.1, -0.05) is 0 Å². The first kappa shape index (κ1) is 57.0. The van der Waals surface area contributed by atoms with Crippen molar-refractivity contribution in [2.45, 2.75) is 16.5 Å². The van der Waals surface area contributed by atoms with Gasteiger partial charge in [0.1, 0.15) is 0 Å². The number of alkyl halides is 9. The van der Waals surface area contributed by atoms with E-state index in [-0.39, 0.29) is 50.5 Å². The van der Waals surface area contributed by atoms with Crippen molar-refractivity contribution in [2.24, 2.45) is 0 Å². The normalized spacial score (nSPS) is 11.2. The largest absolute Gasteiger partial charge is 8.00 e. The van der Waals surface area contributed by atoms with Crippen molar-refractivity contribution < 1.29 is 98.2 Å². The summed E-state index contributed by atoms with van der Waals surface area (Å²) in [5.41, 5.74) is -16.9. The third kappa shape index (κ3) is 27.5. The van der Waals surface area contributed by atoms with Crippen molar-refractivity contribution in [3.63, 3.8) is 0 Å². The molecule has 0 aliphatic carbocycles. The Morgan fingerprint density at radius 1 is 0.400 bits per heavy atom. The molecule has 14 nitrogen and oxygen atoms in total. The maximum Gasteiger partial charge on any atom is 8.00 e. The summed E-state index contributed by atoms with van der Waals surface area (Å²) in [6, 6.07) is 0. The maximum atomic E-state index is 10.7. The van der Waals surface area contributed by atoms with Crippen LogP contribution in [-0.4, -0.2) is 55.4 Å². The Morgan fingerprint density at radius 2 is 0.433 bits per heavy atom. The van der Waals surface area contributed by atoms with Crippen LogP contribution in [0.1, 0.15) is 0 Å². The van der Waals surface area contributed by atoms with Gasteiger partial charge in [0.25, 0.3) is 0 Å². The van der Waals surface area contributed by atoms with Gasteiger partial charge in [0.2, 0.25) is 0 Å². The number of hydrogen-bond acceptors (Lipinski definition) is 9. The predicted octanol–water partition coefficient (Wildman–Crippen LogP) is 3.74. The van der Waals surface area contributed by atoms with E-state index in [2.05, 4.69) is 0 Å². The van der Waals surface area contributed by atoms with Gasteiger partial charge in [-0.25, -0.2) is 25.3 Å². The zero-order valence-corrected chi connectivity index (χ0v) is 18.0. The summed E-state index contributed by atoms with van der Waals surface area (Å²) in [6.07, 6.45) is 0. The summed E-state index contributed by atoms with van der Waals surface area (Å²) in [5, 5.41) is 0. The molecule has 0 amide bonds. The number of hydrogen-bond donors (Lipinski definition) is 0. The molecule has 0 fully saturated rings. The van der Waals surface area contributed by atoms with Crippen molar-refractivity contribution in [3.05, 3.63) is 30.8 Å². The minimum atomic E-state index is -6.09. The molecule has 0 radical (unpaired) electrons. The van der Waals surface area contributed by atoms with Crippen LogP contribution in [0.3, 0.4) is 0 Å². The first-order valence-electron chi connectivity index (χ1n) is 3.81. The topological polar surface area (TPSA) is 339 Å². The Balaban J connectivity index is -0.0000000286. The summed E-state index contributed by atoms with van der Waals surface area (Å²) in [7, 11) is -18.3. The summed E-state index contributed by atoms with van der Waals surface area (Å²) in [6.45, 7) is 0. The van der Waals surface area contributed by atoms with Crippen molar-refractivity contribution >= 4 is 30.4 Å². The smallest absolute Gasteiger partial charge is 0.741 e. The van der Waals surface area contributed by atoms with E-state index in [1.165, 1.54) is 0 Å². The Kier molecular flexibility index (Phi) is 32.6. The van der Waals surface area contributed by atoms with Gasteiger partial charge in [0, 0.05) is 0 Å². The fraction of sp³-hybridized carbons (Fsp3) is 1.00. The van der Waals surface area contributed by atoms with E-state index in [0.29, 0.717) is 0 Å². The van der Waals surface area contributed by atoms with Crippen LogP contribution in [0.15, 0.2) is 0 Å². The van der Waals surface area contributed by atoms with Crippen LogP contribution in [0.2, 0.25) is 0 Å². The average molecular weight is 718 g/mol. The molecular formula is C3H10F9N5O9OsS3. The van der Waals surface area contributed by atoms with Gasteiger partial charge in [0.15, 0.2) is 30.4 Å². The summed E-state index contributed by atoms with van der Waals surface area (Å²) < 4.78 is 177. The molecule has 10 N–H and O–H groups in total. The minimum absolute atomic E-state index is 0. The second-order valence-electron chi connectivity index (χ2n) is 2.70. The molecule has 0 spiro atoms. The zero-order valence-electron chi connectivity index (χ0n) is 13.0. The van der Waals surface area contributed by atoms with Crippen LogP contribution in [0.4, 0.5) is 39.5 Å². The van der Waals surface area contributed by atoms with Gasteiger partial charge in [-0.3, -0.25) is 0 Å². The molecule has 0 saturated carbocycles. The Labute approximate surface area is 176 Å². The third-order valence-electron chi connectivity index (χ3n) is 0.850. The maximum absolute atomic E-state index is 10.7. The fourth-order valence-corrected chi connectivity index (χ4v) is 0. The van der Waals surface area contributed by atoms with Crippen LogP contribution in [0.25, 0.3) is 30.8 Å². The molecule has 30 heavy (non-hydrogen) atoms. The van der Waals surface area contributed by atoms with Crippen LogP contribution >= 0.6 is 0 Å². The van der Waals surface area contributed by atoms with Gasteiger partial charge in [-0.15, -0.1) is 0 Å². The number of rotatable bonds is 0. The fourth-order valence-electron chi connectivity index (χ4n) is 0. The molecule has 0 aromatic rings. The Morgan fingerprint density at radius 3 is 0.433 bits per heavy atom. The van der Waals surface area contributed by atoms with Crippen LogP contribution in [0.5, 0.6) is 0 Å². The van der Waals surface area contributed by atoms with Gasteiger partial charge in [0.05, 0.1) is 0 Å². The molecule has 0 aliphatic rings. The van der Waals surface area contributed by atoms with Crippen LogP contribution < -0.4 is 0 Å². The monoisotopic (exact) mass is 719 g/mol. The standard InChI is InChI=1S/3CHF3O3S.5H2N.Os/c3*2-1(3,4)8(5,6)7;;;;;;/h3*(H,5,6,7);5*1H2;/q;;;5*-1;+8/p-3. The molecule has 190 valence electrons. The molecule has 0 aromatic carbocycles. The number of nitrogens with two attached hydrogens (primary N) is 5. The first-order chi connectivity index (χ1) is 9.75. The van der Waals surface area contributed by atoms with Gasteiger partial charge >= 0.3 is 36.3 Å². The average Bonchev–Trinajstić information content (AvgIpc) is 2.08. The predicted molar refractivity (Wildman–Crippen MR) is 73.7 cm³/mol. The molecule has 0 aromatic heterocycles. The molecule has 0 bridgehead atoms. The summed E-state index contributed by atoms with van der Waals surface area (Å²) in [4.78, 5) is 0. The van der Waals surface area contributed by atoms with E-state index in [4.69, 9.17) is 38.9 Å². The van der Waals surface area contributed by atoms with Crippen LogP contribution in [-0.2, 0) is 50.1 Å². The first-order valence-corrected chi connectivity index (χ1v) is 8.04. The van der Waals surface area contributed by atoms with E-state index < -0.39 is 46.9 Å². The second kappa shape index (κ2) is 17.1. The molecule has 0 atom stereocenters. The van der Waals surface area contributed by atoms with E-state index in [9.17, 15) is 39.5 Å². The van der Waals surface area contributed by atoms with Crippen molar-refractivity contribution in [1.82, 2.24) is 0 Å². The molecule has 0 rings (SSSR count). The van der Waals surface area contributed by atoms with Gasteiger partial charge < -0.3 is 44.4 Å². The van der Waals surface area contributed by atoms with Crippen molar-refractivity contribution in [2.75, 3.05) is 0 Å².